The molecule has 25 heavy (non-hydrogen) atoms. The Kier molecular flexibility index (Phi) is 4.18. The largest absolute Gasteiger partial charge is 0.342 e. The number of fused-ring (bicyclic) bond motifs is 1. The van der Waals surface area contributed by atoms with Gasteiger partial charge in [0.25, 0.3) is 5.91 Å². The van der Waals surface area contributed by atoms with E-state index in [0.717, 1.165) is 11.1 Å². The molecule has 0 saturated heterocycles. The van der Waals surface area contributed by atoms with Crippen molar-refractivity contribution in [1.29, 1.82) is 0 Å². The SMILES string of the molecule is CCC1(NC(=O)c2cnn(C)c2Cl)c2cc(F)ccc2C(C)C1(C)C. The molecule has 2 aromatic rings. The third kappa shape index (κ3) is 2.40. The fourth-order valence-electron chi connectivity index (χ4n) is 4.18. The molecule has 0 radical (unpaired) electrons. The van der Waals surface area contributed by atoms with Crippen LogP contribution in [0.1, 0.15) is 61.5 Å². The van der Waals surface area contributed by atoms with E-state index in [9.17, 15) is 9.18 Å². The molecule has 0 spiro atoms. The van der Waals surface area contributed by atoms with E-state index >= 15 is 0 Å². The number of rotatable bonds is 3. The van der Waals surface area contributed by atoms with Gasteiger partial charge < -0.3 is 5.32 Å². The molecule has 134 valence electrons. The minimum atomic E-state index is -0.680. The van der Waals surface area contributed by atoms with Gasteiger partial charge in [-0.15, -0.1) is 0 Å². The van der Waals surface area contributed by atoms with Gasteiger partial charge in [-0.1, -0.05) is 45.4 Å². The van der Waals surface area contributed by atoms with Crippen LogP contribution in [0.15, 0.2) is 24.4 Å². The second-order valence-electron chi connectivity index (χ2n) is 7.36. The first-order valence-corrected chi connectivity index (χ1v) is 8.83. The van der Waals surface area contributed by atoms with Gasteiger partial charge in [0.2, 0.25) is 0 Å². The predicted molar refractivity (Wildman–Crippen MR) is 96.2 cm³/mol. The third-order valence-corrected chi connectivity index (χ3v) is 6.54. The van der Waals surface area contributed by atoms with Crippen LogP contribution in [0.3, 0.4) is 0 Å². The Morgan fingerprint density at radius 3 is 2.68 bits per heavy atom. The summed E-state index contributed by atoms with van der Waals surface area (Å²) in [5.74, 6) is -0.416. The van der Waals surface area contributed by atoms with Crippen molar-refractivity contribution in [2.24, 2.45) is 12.5 Å². The highest BCUT2D eigenvalue weighted by Crippen LogP contribution is 2.58. The molecule has 0 saturated carbocycles. The van der Waals surface area contributed by atoms with Crippen LogP contribution in [0.2, 0.25) is 5.15 Å². The van der Waals surface area contributed by atoms with Crippen LogP contribution in [0, 0.1) is 11.2 Å². The first-order valence-electron chi connectivity index (χ1n) is 8.45. The maximum absolute atomic E-state index is 14.0. The average Bonchev–Trinajstić information content (AvgIpc) is 2.97. The monoisotopic (exact) mass is 363 g/mol. The molecule has 1 amide bonds. The summed E-state index contributed by atoms with van der Waals surface area (Å²) in [5, 5.41) is 7.49. The van der Waals surface area contributed by atoms with E-state index in [4.69, 9.17) is 11.6 Å². The Balaban J connectivity index is 2.12. The number of aromatic nitrogens is 2. The Morgan fingerprint density at radius 2 is 2.12 bits per heavy atom. The second kappa shape index (κ2) is 5.84. The van der Waals surface area contributed by atoms with Crippen molar-refractivity contribution in [3.8, 4) is 0 Å². The maximum Gasteiger partial charge on any atom is 0.256 e. The maximum atomic E-state index is 14.0. The van der Waals surface area contributed by atoms with Gasteiger partial charge in [0.1, 0.15) is 11.0 Å². The molecule has 1 aromatic carbocycles. The van der Waals surface area contributed by atoms with E-state index in [0.29, 0.717) is 12.0 Å². The summed E-state index contributed by atoms with van der Waals surface area (Å²) in [6, 6.07) is 4.86. The summed E-state index contributed by atoms with van der Waals surface area (Å²) in [7, 11) is 1.68. The zero-order chi connectivity index (χ0) is 18.6. The number of hydrogen-bond donors (Lipinski definition) is 1. The molecular formula is C19H23ClFN3O. The Bertz CT molecular complexity index is 845. The number of benzene rings is 1. The van der Waals surface area contributed by atoms with Gasteiger partial charge in [-0.2, -0.15) is 5.10 Å². The molecule has 1 aliphatic rings. The smallest absolute Gasteiger partial charge is 0.256 e. The van der Waals surface area contributed by atoms with Crippen LogP contribution in [-0.4, -0.2) is 15.7 Å². The summed E-state index contributed by atoms with van der Waals surface area (Å²) in [4.78, 5) is 12.9. The van der Waals surface area contributed by atoms with Crippen molar-refractivity contribution in [3.05, 3.63) is 52.1 Å². The van der Waals surface area contributed by atoms with Crippen LogP contribution in [0.4, 0.5) is 4.39 Å². The highest BCUT2D eigenvalue weighted by molar-refractivity contribution is 6.32. The number of carbonyl (C=O) groups is 1. The molecule has 6 heteroatoms. The molecule has 0 bridgehead atoms. The Hall–Kier alpha value is -1.88. The standard InChI is InChI=1S/C19H23ClFN3O/c1-6-19(23-17(25)14-10-22-24(5)16(14)20)15-9-12(21)7-8-13(15)11(2)18(19,3)4/h7-11H,6H2,1-5H3,(H,23,25). The van der Waals surface area contributed by atoms with Crippen LogP contribution in [0.5, 0.6) is 0 Å². The first kappa shape index (κ1) is 17.9. The number of halogens is 2. The zero-order valence-corrected chi connectivity index (χ0v) is 15.9. The number of amides is 1. The van der Waals surface area contributed by atoms with E-state index in [1.54, 1.807) is 13.1 Å². The molecule has 0 fully saturated rings. The van der Waals surface area contributed by atoms with Crippen LogP contribution >= 0.6 is 11.6 Å². The summed E-state index contributed by atoms with van der Waals surface area (Å²) >= 11 is 6.18. The van der Waals surface area contributed by atoms with Crippen molar-refractivity contribution in [3.63, 3.8) is 0 Å². The lowest BCUT2D eigenvalue weighted by molar-refractivity contribution is 0.0704. The summed E-state index contributed by atoms with van der Waals surface area (Å²) in [5.41, 5.74) is 1.28. The van der Waals surface area contributed by atoms with E-state index in [-0.39, 0.29) is 28.2 Å². The van der Waals surface area contributed by atoms with Crippen molar-refractivity contribution in [2.75, 3.05) is 0 Å². The van der Waals surface area contributed by atoms with Gasteiger partial charge in [0.15, 0.2) is 0 Å². The van der Waals surface area contributed by atoms with Gasteiger partial charge in [-0.25, -0.2) is 4.39 Å². The van der Waals surface area contributed by atoms with Gasteiger partial charge in [0, 0.05) is 7.05 Å². The highest BCUT2D eigenvalue weighted by Gasteiger charge is 2.56. The second-order valence-corrected chi connectivity index (χ2v) is 7.72. The van der Waals surface area contributed by atoms with Crippen molar-refractivity contribution in [2.45, 2.75) is 45.6 Å². The minimum absolute atomic E-state index is 0.174. The predicted octanol–water partition coefficient (Wildman–Crippen LogP) is 4.39. The van der Waals surface area contributed by atoms with Crippen molar-refractivity contribution in [1.82, 2.24) is 15.1 Å². The molecule has 3 rings (SSSR count). The molecule has 1 aromatic heterocycles. The average molecular weight is 364 g/mol. The van der Waals surface area contributed by atoms with Gasteiger partial charge >= 0.3 is 0 Å². The van der Waals surface area contributed by atoms with E-state index < -0.39 is 5.54 Å². The molecule has 2 atom stereocenters. The lowest BCUT2D eigenvalue weighted by atomic mass is 9.67. The molecule has 4 nitrogen and oxygen atoms in total. The third-order valence-electron chi connectivity index (χ3n) is 6.09. The fraction of sp³-hybridized carbons (Fsp3) is 0.474. The van der Waals surface area contributed by atoms with Crippen molar-refractivity contribution >= 4 is 17.5 Å². The molecule has 1 heterocycles. The first-order chi connectivity index (χ1) is 11.7. The molecule has 0 aliphatic heterocycles. The van der Waals surface area contributed by atoms with E-state index in [1.807, 2.05) is 13.0 Å². The van der Waals surface area contributed by atoms with E-state index in [1.165, 1.54) is 16.9 Å². The van der Waals surface area contributed by atoms with Crippen LogP contribution < -0.4 is 5.32 Å². The lowest BCUT2D eigenvalue weighted by Gasteiger charge is -2.44. The Morgan fingerprint density at radius 1 is 1.44 bits per heavy atom. The summed E-state index contributed by atoms with van der Waals surface area (Å²) in [6.45, 7) is 8.37. The number of hydrogen-bond acceptors (Lipinski definition) is 2. The number of carbonyl (C=O) groups excluding carboxylic acids is 1. The molecule has 1 N–H and O–H groups in total. The highest BCUT2D eigenvalue weighted by atomic mass is 35.5. The number of aryl methyl sites for hydroxylation is 1. The van der Waals surface area contributed by atoms with Crippen LogP contribution in [-0.2, 0) is 12.6 Å². The quantitative estimate of drug-likeness (QED) is 0.879. The lowest BCUT2D eigenvalue weighted by Crippen LogP contribution is -2.53. The van der Waals surface area contributed by atoms with E-state index in [2.05, 4.69) is 31.2 Å². The normalized spacial score (nSPS) is 24.2. The molecule has 2 unspecified atom stereocenters. The number of nitrogens with one attached hydrogen (secondary N) is 1. The Labute approximate surface area is 152 Å². The number of nitrogens with zero attached hydrogens (tertiary/aromatic N) is 2. The molecular weight excluding hydrogens is 341 g/mol. The summed E-state index contributed by atoms with van der Waals surface area (Å²) in [6.07, 6.45) is 2.10. The topological polar surface area (TPSA) is 46.9 Å². The van der Waals surface area contributed by atoms with Crippen LogP contribution in [0.25, 0.3) is 0 Å². The van der Waals surface area contributed by atoms with Gasteiger partial charge in [-0.05, 0) is 41.0 Å². The fourth-order valence-corrected chi connectivity index (χ4v) is 4.36. The zero-order valence-electron chi connectivity index (χ0n) is 15.2. The summed E-state index contributed by atoms with van der Waals surface area (Å²) < 4.78 is 15.5. The van der Waals surface area contributed by atoms with Gasteiger partial charge in [0.05, 0.1) is 17.3 Å². The molecule has 1 aliphatic carbocycles. The van der Waals surface area contributed by atoms with Crippen molar-refractivity contribution < 1.29 is 9.18 Å². The minimum Gasteiger partial charge on any atom is -0.342 e. The van der Waals surface area contributed by atoms with Gasteiger partial charge in [-0.3, -0.25) is 9.48 Å².